The van der Waals surface area contributed by atoms with Crippen molar-refractivity contribution in [1.29, 1.82) is 0 Å². The van der Waals surface area contributed by atoms with Gasteiger partial charge in [0.25, 0.3) is 0 Å². The van der Waals surface area contributed by atoms with Crippen LogP contribution in [-0.2, 0) is 11.2 Å². The molecule has 2 amide bonds. The normalized spacial score (nSPS) is 9.92. The highest BCUT2D eigenvalue weighted by atomic mass is 16.5. The highest BCUT2D eigenvalue weighted by molar-refractivity contribution is 6.01. The van der Waals surface area contributed by atoms with Crippen LogP contribution in [0.4, 0.5) is 16.2 Å². The van der Waals surface area contributed by atoms with Crippen LogP contribution >= 0.6 is 0 Å². The van der Waals surface area contributed by atoms with Gasteiger partial charge in [-0.3, -0.25) is 4.79 Å². The van der Waals surface area contributed by atoms with Crippen molar-refractivity contribution in [3.8, 4) is 11.5 Å². The minimum atomic E-state index is -0.906. The largest absolute Gasteiger partial charge is 0.494 e. The van der Waals surface area contributed by atoms with Gasteiger partial charge in [-0.25, -0.2) is 4.79 Å². The van der Waals surface area contributed by atoms with Crippen LogP contribution in [0.5, 0.6) is 11.5 Å². The minimum absolute atomic E-state index is 0.0646. The van der Waals surface area contributed by atoms with E-state index in [1.165, 1.54) is 14.2 Å². The van der Waals surface area contributed by atoms with Gasteiger partial charge in [-0.05, 0) is 29.8 Å². The lowest BCUT2D eigenvalue weighted by atomic mass is 10.1. The van der Waals surface area contributed by atoms with Crippen molar-refractivity contribution in [2.45, 2.75) is 6.42 Å². The number of hydrogen-bond acceptors (Lipinski definition) is 4. The monoisotopic (exact) mass is 330 g/mol. The molecule has 0 fully saturated rings. The van der Waals surface area contributed by atoms with Gasteiger partial charge >= 0.3 is 12.0 Å². The number of carboxylic acid groups (broad SMARTS) is 1. The quantitative estimate of drug-likeness (QED) is 0.756. The Hall–Kier alpha value is -3.22. The molecule has 2 rings (SSSR count). The molecule has 0 unspecified atom stereocenters. The number of benzene rings is 2. The highest BCUT2D eigenvalue weighted by Gasteiger charge is 2.13. The Bertz CT molecular complexity index is 706. The van der Waals surface area contributed by atoms with E-state index in [1.54, 1.807) is 42.5 Å². The molecular formula is C17H18N2O5. The molecule has 0 aliphatic heterocycles. The number of carbonyl (C=O) groups excluding carboxylic acids is 1. The second-order valence-corrected chi connectivity index (χ2v) is 4.88. The van der Waals surface area contributed by atoms with E-state index in [1.807, 2.05) is 0 Å². The molecule has 0 atom stereocenters. The SMILES string of the molecule is COc1cccc(OC)c1NC(=O)Nc1ccc(CC(=O)O)cc1. The second kappa shape index (κ2) is 7.87. The number of aliphatic carboxylic acids is 1. The third kappa shape index (κ3) is 4.39. The summed E-state index contributed by atoms with van der Waals surface area (Å²) in [5.74, 6) is 0.0410. The standard InChI is InChI=1S/C17H18N2O5/c1-23-13-4-3-5-14(24-2)16(13)19-17(22)18-12-8-6-11(7-9-12)10-15(20)21/h3-9H,10H2,1-2H3,(H,20,21)(H2,18,19,22). The number of rotatable bonds is 6. The van der Waals surface area contributed by atoms with Crippen molar-refractivity contribution in [2.75, 3.05) is 24.9 Å². The molecular weight excluding hydrogens is 312 g/mol. The number of amides is 2. The summed E-state index contributed by atoms with van der Waals surface area (Å²) in [7, 11) is 3.00. The van der Waals surface area contributed by atoms with E-state index >= 15 is 0 Å². The van der Waals surface area contributed by atoms with Gasteiger partial charge in [0.05, 0.1) is 20.6 Å². The number of carboxylic acids is 1. The lowest BCUT2D eigenvalue weighted by Gasteiger charge is -2.14. The van der Waals surface area contributed by atoms with Crippen molar-refractivity contribution in [3.63, 3.8) is 0 Å². The molecule has 0 aliphatic carbocycles. The van der Waals surface area contributed by atoms with E-state index in [9.17, 15) is 9.59 Å². The fraction of sp³-hybridized carbons (Fsp3) is 0.176. The Labute approximate surface area is 139 Å². The summed E-state index contributed by atoms with van der Waals surface area (Å²) < 4.78 is 10.4. The summed E-state index contributed by atoms with van der Waals surface area (Å²) in [6, 6.07) is 11.3. The number of ether oxygens (including phenoxy) is 2. The highest BCUT2D eigenvalue weighted by Crippen LogP contribution is 2.34. The van der Waals surface area contributed by atoms with E-state index in [0.29, 0.717) is 28.4 Å². The number of anilines is 2. The van der Waals surface area contributed by atoms with Crippen molar-refractivity contribution in [1.82, 2.24) is 0 Å². The molecule has 126 valence electrons. The van der Waals surface area contributed by atoms with Crippen LogP contribution in [0.25, 0.3) is 0 Å². The zero-order valence-electron chi connectivity index (χ0n) is 13.3. The van der Waals surface area contributed by atoms with Crippen LogP contribution in [0.15, 0.2) is 42.5 Å². The predicted octanol–water partition coefficient (Wildman–Crippen LogP) is 2.97. The summed E-state index contributed by atoms with van der Waals surface area (Å²) in [4.78, 5) is 22.8. The number of hydrogen-bond donors (Lipinski definition) is 3. The van der Waals surface area contributed by atoms with Crippen molar-refractivity contribution in [2.24, 2.45) is 0 Å². The zero-order valence-corrected chi connectivity index (χ0v) is 13.3. The van der Waals surface area contributed by atoms with Crippen molar-refractivity contribution < 1.29 is 24.2 Å². The molecule has 0 bridgehead atoms. The Morgan fingerprint density at radius 3 is 2.04 bits per heavy atom. The van der Waals surface area contributed by atoms with Gasteiger partial charge in [0.15, 0.2) is 0 Å². The maximum absolute atomic E-state index is 12.2. The molecule has 2 aromatic rings. The van der Waals surface area contributed by atoms with Gasteiger partial charge in [0.2, 0.25) is 0 Å². The topological polar surface area (TPSA) is 96.9 Å². The first-order chi connectivity index (χ1) is 11.5. The second-order valence-electron chi connectivity index (χ2n) is 4.88. The van der Waals surface area contributed by atoms with Crippen molar-refractivity contribution in [3.05, 3.63) is 48.0 Å². The maximum Gasteiger partial charge on any atom is 0.323 e. The molecule has 0 aromatic heterocycles. The van der Waals surface area contributed by atoms with E-state index < -0.39 is 12.0 Å². The molecule has 0 aliphatic rings. The molecule has 0 radical (unpaired) electrons. The summed E-state index contributed by atoms with van der Waals surface area (Å²) in [6.45, 7) is 0. The van der Waals surface area contributed by atoms with Crippen LogP contribution in [0.1, 0.15) is 5.56 Å². The predicted molar refractivity (Wildman–Crippen MR) is 90.0 cm³/mol. The summed E-state index contributed by atoms with van der Waals surface area (Å²) in [6.07, 6.45) is -0.0646. The lowest BCUT2D eigenvalue weighted by Crippen LogP contribution is -2.20. The molecule has 0 heterocycles. The number of methoxy groups -OCH3 is 2. The molecule has 2 aromatic carbocycles. The molecule has 7 heteroatoms. The summed E-state index contributed by atoms with van der Waals surface area (Å²) in [5.41, 5.74) is 1.61. The van der Waals surface area contributed by atoms with Gasteiger partial charge in [-0.15, -0.1) is 0 Å². The Balaban J connectivity index is 2.07. The summed E-state index contributed by atoms with van der Waals surface area (Å²) >= 11 is 0. The average Bonchev–Trinajstić information content (AvgIpc) is 2.56. The van der Waals surface area contributed by atoms with Crippen LogP contribution in [0.3, 0.4) is 0 Å². The van der Waals surface area contributed by atoms with E-state index in [2.05, 4.69) is 10.6 Å². The first-order valence-corrected chi connectivity index (χ1v) is 7.13. The fourth-order valence-electron chi connectivity index (χ4n) is 2.13. The number of urea groups is 1. The van der Waals surface area contributed by atoms with Gasteiger partial charge in [-0.2, -0.15) is 0 Å². The third-order valence-corrected chi connectivity index (χ3v) is 3.23. The molecule has 0 saturated carbocycles. The molecule has 0 saturated heterocycles. The number of carbonyl (C=O) groups is 2. The Morgan fingerprint density at radius 1 is 0.958 bits per heavy atom. The van der Waals surface area contributed by atoms with Gasteiger partial charge < -0.3 is 25.2 Å². The Kier molecular flexibility index (Phi) is 5.62. The third-order valence-electron chi connectivity index (χ3n) is 3.23. The van der Waals surface area contributed by atoms with Gasteiger partial charge in [0.1, 0.15) is 17.2 Å². The molecule has 24 heavy (non-hydrogen) atoms. The van der Waals surface area contributed by atoms with Crippen molar-refractivity contribution >= 4 is 23.4 Å². The van der Waals surface area contributed by atoms with E-state index in [4.69, 9.17) is 14.6 Å². The lowest BCUT2D eigenvalue weighted by molar-refractivity contribution is -0.136. The van der Waals surface area contributed by atoms with Gasteiger partial charge in [0, 0.05) is 5.69 Å². The number of nitrogens with one attached hydrogen (secondary N) is 2. The Morgan fingerprint density at radius 2 is 1.54 bits per heavy atom. The average molecular weight is 330 g/mol. The van der Waals surface area contributed by atoms with Crippen LogP contribution < -0.4 is 20.1 Å². The minimum Gasteiger partial charge on any atom is -0.494 e. The van der Waals surface area contributed by atoms with E-state index in [0.717, 1.165) is 0 Å². The number of para-hydroxylation sites is 1. The smallest absolute Gasteiger partial charge is 0.323 e. The van der Waals surface area contributed by atoms with Gasteiger partial charge in [-0.1, -0.05) is 18.2 Å². The van der Waals surface area contributed by atoms with Crippen LogP contribution in [0.2, 0.25) is 0 Å². The van der Waals surface area contributed by atoms with Crippen LogP contribution in [-0.4, -0.2) is 31.3 Å². The molecule has 7 nitrogen and oxygen atoms in total. The molecule has 3 N–H and O–H groups in total. The first-order valence-electron chi connectivity index (χ1n) is 7.13. The summed E-state index contributed by atoms with van der Waals surface area (Å²) in [5, 5.41) is 14.1. The zero-order chi connectivity index (χ0) is 17.5. The fourth-order valence-corrected chi connectivity index (χ4v) is 2.13. The maximum atomic E-state index is 12.2. The first kappa shape index (κ1) is 17.1. The van der Waals surface area contributed by atoms with Crippen LogP contribution in [0, 0.1) is 0 Å². The molecule has 0 spiro atoms. The van der Waals surface area contributed by atoms with E-state index in [-0.39, 0.29) is 6.42 Å².